The topological polar surface area (TPSA) is 87.7 Å². The van der Waals surface area contributed by atoms with Crippen molar-refractivity contribution >= 4 is 23.4 Å². The van der Waals surface area contributed by atoms with Crippen molar-refractivity contribution in [3.8, 4) is 5.75 Å². The molecule has 1 aliphatic heterocycles. The number of hydrogen-bond acceptors (Lipinski definition) is 4. The standard InChI is InChI=1S/C25H29N3O4/c1-26-23(29)16-32-20-12-7-11-19(15-20)27-24(30)22-14-18-10-5-6-13-21(18)28(22)25(31)17-8-3-2-4-9-17/h2-4,7-9,11-12,15,18,21-22H,5-6,10,13-14,16H2,1H3,(H,26,29)(H,27,30). The molecule has 32 heavy (non-hydrogen) atoms. The second-order valence-electron chi connectivity index (χ2n) is 8.42. The molecule has 3 amide bonds. The molecular formula is C25H29N3O4. The first kappa shape index (κ1) is 21.9. The van der Waals surface area contributed by atoms with Crippen LogP contribution in [0, 0.1) is 5.92 Å². The Kier molecular flexibility index (Phi) is 6.73. The van der Waals surface area contributed by atoms with Crippen LogP contribution in [0.5, 0.6) is 5.75 Å². The molecule has 7 nitrogen and oxygen atoms in total. The third-order valence-electron chi connectivity index (χ3n) is 6.40. The average Bonchev–Trinajstić information content (AvgIpc) is 3.22. The molecule has 1 aliphatic carbocycles. The van der Waals surface area contributed by atoms with Crippen molar-refractivity contribution in [2.45, 2.75) is 44.2 Å². The van der Waals surface area contributed by atoms with Gasteiger partial charge in [0.05, 0.1) is 0 Å². The molecule has 3 atom stereocenters. The van der Waals surface area contributed by atoms with Gasteiger partial charge < -0.3 is 20.3 Å². The molecule has 0 radical (unpaired) electrons. The SMILES string of the molecule is CNC(=O)COc1cccc(NC(=O)C2CC3CCCCC3N2C(=O)c2ccccc2)c1. The summed E-state index contributed by atoms with van der Waals surface area (Å²) in [4.78, 5) is 39.9. The number of ether oxygens (including phenoxy) is 1. The number of carbonyl (C=O) groups excluding carboxylic acids is 3. The molecule has 7 heteroatoms. The summed E-state index contributed by atoms with van der Waals surface area (Å²) in [7, 11) is 1.55. The van der Waals surface area contributed by atoms with E-state index in [2.05, 4.69) is 10.6 Å². The number of nitrogens with zero attached hydrogens (tertiary/aromatic N) is 1. The third kappa shape index (κ3) is 4.77. The minimum absolute atomic E-state index is 0.0807. The van der Waals surface area contributed by atoms with Crippen LogP contribution < -0.4 is 15.4 Å². The Morgan fingerprint density at radius 3 is 2.59 bits per heavy atom. The number of benzene rings is 2. The van der Waals surface area contributed by atoms with Gasteiger partial charge in [0.15, 0.2) is 6.61 Å². The number of nitrogens with one attached hydrogen (secondary N) is 2. The molecule has 2 N–H and O–H groups in total. The van der Waals surface area contributed by atoms with Gasteiger partial charge in [0.2, 0.25) is 5.91 Å². The smallest absolute Gasteiger partial charge is 0.257 e. The maximum absolute atomic E-state index is 13.4. The molecule has 0 bridgehead atoms. The number of amides is 3. The quantitative estimate of drug-likeness (QED) is 0.729. The van der Waals surface area contributed by atoms with Gasteiger partial charge in [-0.3, -0.25) is 14.4 Å². The van der Waals surface area contributed by atoms with Crippen molar-refractivity contribution in [3.63, 3.8) is 0 Å². The fraction of sp³-hybridized carbons (Fsp3) is 0.400. The summed E-state index contributed by atoms with van der Waals surface area (Å²) >= 11 is 0. The van der Waals surface area contributed by atoms with Crippen molar-refractivity contribution in [3.05, 3.63) is 60.2 Å². The van der Waals surface area contributed by atoms with E-state index in [4.69, 9.17) is 4.74 Å². The number of anilines is 1. The highest BCUT2D eigenvalue weighted by Crippen LogP contribution is 2.41. The Balaban J connectivity index is 1.51. The summed E-state index contributed by atoms with van der Waals surface area (Å²) in [6.45, 7) is -0.0980. The molecule has 3 unspecified atom stereocenters. The largest absolute Gasteiger partial charge is 0.484 e. The van der Waals surface area contributed by atoms with Crippen LogP contribution in [0.4, 0.5) is 5.69 Å². The molecular weight excluding hydrogens is 406 g/mol. The summed E-state index contributed by atoms with van der Waals surface area (Å²) in [5.74, 6) is 0.344. The first-order valence-corrected chi connectivity index (χ1v) is 11.2. The van der Waals surface area contributed by atoms with Crippen molar-refractivity contribution < 1.29 is 19.1 Å². The van der Waals surface area contributed by atoms with Crippen molar-refractivity contribution in [2.75, 3.05) is 19.0 Å². The van der Waals surface area contributed by atoms with E-state index in [9.17, 15) is 14.4 Å². The molecule has 2 aliphatic rings. The Hall–Kier alpha value is -3.35. The van der Waals surface area contributed by atoms with Crippen molar-refractivity contribution in [1.29, 1.82) is 0 Å². The normalized spacial score (nSPS) is 22.0. The maximum atomic E-state index is 13.4. The fourth-order valence-electron chi connectivity index (χ4n) is 4.83. The van der Waals surface area contributed by atoms with E-state index < -0.39 is 6.04 Å². The van der Waals surface area contributed by atoms with Gasteiger partial charge in [-0.2, -0.15) is 0 Å². The first-order chi connectivity index (χ1) is 15.6. The molecule has 1 heterocycles. The van der Waals surface area contributed by atoms with Crippen molar-refractivity contribution in [1.82, 2.24) is 10.2 Å². The summed E-state index contributed by atoms with van der Waals surface area (Å²) in [6.07, 6.45) is 4.90. The third-order valence-corrected chi connectivity index (χ3v) is 6.40. The maximum Gasteiger partial charge on any atom is 0.257 e. The lowest BCUT2D eigenvalue weighted by molar-refractivity contribution is -0.122. The molecule has 2 aromatic carbocycles. The Morgan fingerprint density at radius 2 is 1.81 bits per heavy atom. The first-order valence-electron chi connectivity index (χ1n) is 11.2. The van der Waals surface area contributed by atoms with Crippen LogP contribution in [0.25, 0.3) is 0 Å². The van der Waals surface area contributed by atoms with Crippen LogP contribution in [0.3, 0.4) is 0 Å². The Labute approximate surface area is 188 Å². The van der Waals surface area contributed by atoms with Crippen LogP contribution in [-0.4, -0.2) is 48.4 Å². The van der Waals surface area contributed by atoms with Crippen LogP contribution in [0.1, 0.15) is 42.5 Å². The molecule has 2 aromatic rings. The van der Waals surface area contributed by atoms with Crippen molar-refractivity contribution in [2.24, 2.45) is 5.92 Å². The summed E-state index contributed by atoms with van der Waals surface area (Å²) < 4.78 is 5.47. The van der Waals surface area contributed by atoms with Gasteiger partial charge in [-0.25, -0.2) is 0 Å². The lowest BCUT2D eigenvalue weighted by atomic mass is 9.84. The summed E-state index contributed by atoms with van der Waals surface area (Å²) in [5, 5.41) is 5.46. The summed E-state index contributed by atoms with van der Waals surface area (Å²) in [5.41, 5.74) is 1.19. The number of likely N-dealkylation sites (tertiary alicyclic amines) is 1. The van der Waals surface area contributed by atoms with E-state index in [1.165, 1.54) is 0 Å². The zero-order valence-electron chi connectivity index (χ0n) is 18.3. The molecule has 4 rings (SSSR count). The van der Waals surface area contributed by atoms with Gasteiger partial charge in [-0.1, -0.05) is 37.1 Å². The van der Waals surface area contributed by atoms with Gasteiger partial charge in [0.25, 0.3) is 11.8 Å². The predicted molar refractivity (Wildman–Crippen MR) is 121 cm³/mol. The lowest BCUT2D eigenvalue weighted by Gasteiger charge is -2.33. The van der Waals surface area contributed by atoms with E-state index >= 15 is 0 Å². The number of hydrogen-bond donors (Lipinski definition) is 2. The highest BCUT2D eigenvalue weighted by atomic mass is 16.5. The van der Waals surface area contributed by atoms with Gasteiger partial charge in [-0.05, 0) is 49.4 Å². The zero-order chi connectivity index (χ0) is 22.5. The minimum Gasteiger partial charge on any atom is -0.484 e. The van der Waals surface area contributed by atoms with E-state index in [0.29, 0.717) is 29.3 Å². The van der Waals surface area contributed by atoms with Gasteiger partial charge in [0, 0.05) is 30.4 Å². The van der Waals surface area contributed by atoms with Crippen LogP contribution in [-0.2, 0) is 9.59 Å². The van der Waals surface area contributed by atoms with E-state index in [1.807, 2.05) is 23.1 Å². The molecule has 0 aromatic heterocycles. The lowest BCUT2D eigenvalue weighted by Crippen LogP contribution is -2.47. The second kappa shape index (κ2) is 9.85. The number of fused-ring (bicyclic) bond motifs is 1. The second-order valence-corrected chi connectivity index (χ2v) is 8.42. The van der Waals surface area contributed by atoms with E-state index in [0.717, 1.165) is 25.7 Å². The highest BCUT2D eigenvalue weighted by Gasteiger charge is 2.47. The van der Waals surface area contributed by atoms with Crippen LogP contribution in [0.15, 0.2) is 54.6 Å². The van der Waals surface area contributed by atoms with Crippen LogP contribution in [0.2, 0.25) is 0 Å². The minimum atomic E-state index is -0.508. The zero-order valence-corrected chi connectivity index (χ0v) is 18.3. The van der Waals surface area contributed by atoms with E-state index in [1.54, 1.807) is 43.4 Å². The number of likely N-dealkylation sites (N-methyl/N-ethyl adjacent to an activating group) is 1. The van der Waals surface area contributed by atoms with Crippen LogP contribution >= 0.6 is 0 Å². The molecule has 1 saturated carbocycles. The number of rotatable bonds is 6. The molecule has 0 spiro atoms. The van der Waals surface area contributed by atoms with E-state index in [-0.39, 0.29) is 30.4 Å². The Morgan fingerprint density at radius 1 is 1.03 bits per heavy atom. The highest BCUT2D eigenvalue weighted by molar-refractivity contribution is 6.02. The predicted octanol–water partition coefficient (Wildman–Crippen LogP) is 3.22. The molecule has 168 valence electrons. The average molecular weight is 436 g/mol. The Bertz CT molecular complexity index is 978. The molecule has 2 fully saturated rings. The van der Waals surface area contributed by atoms with Gasteiger partial charge in [0.1, 0.15) is 11.8 Å². The van der Waals surface area contributed by atoms with Gasteiger partial charge >= 0.3 is 0 Å². The van der Waals surface area contributed by atoms with Gasteiger partial charge in [-0.15, -0.1) is 0 Å². The molecule has 1 saturated heterocycles. The fourth-order valence-corrected chi connectivity index (χ4v) is 4.83. The summed E-state index contributed by atoms with van der Waals surface area (Å²) in [6, 6.07) is 15.7. The number of carbonyl (C=O) groups is 3. The monoisotopic (exact) mass is 435 g/mol.